The van der Waals surface area contributed by atoms with E-state index in [4.69, 9.17) is 14.2 Å². The van der Waals surface area contributed by atoms with E-state index in [0.717, 1.165) is 12.8 Å². The molecule has 154 valence electrons. The van der Waals surface area contributed by atoms with Crippen LogP contribution in [0.1, 0.15) is 64.7 Å². The van der Waals surface area contributed by atoms with Gasteiger partial charge < -0.3 is 14.2 Å². The van der Waals surface area contributed by atoms with Crippen LogP contribution in [-0.4, -0.2) is 37.9 Å². The minimum Gasteiger partial charge on any atom is -0.461 e. The Bertz CT molecular complexity index is 460. The van der Waals surface area contributed by atoms with Gasteiger partial charge in [-0.3, -0.25) is 9.59 Å². The molecule has 0 saturated heterocycles. The molecular formula is C22H36O5. The van der Waals surface area contributed by atoms with Crippen molar-refractivity contribution >= 4 is 11.9 Å². The molecular weight excluding hydrogens is 344 g/mol. The van der Waals surface area contributed by atoms with Crippen LogP contribution in [0.2, 0.25) is 0 Å². The average Bonchev–Trinajstić information content (AvgIpc) is 2.69. The van der Waals surface area contributed by atoms with Crippen LogP contribution in [0, 0.1) is 11.8 Å². The molecule has 5 nitrogen and oxygen atoms in total. The maximum atomic E-state index is 12.4. The Morgan fingerprint density at radius 1 is 0.889 bits per heavy atom. The van der Waals surface area contributed by atoms with Crippen molar-refractivity contribution in [1.82, 2.24) is 0 Å². The summed E-state index contributed by atoms with van der Waals surface area (Å²) in [7, 11) is 0. The molecule has 0 aromatic carbocycles. The highest BCUT2D eigenvalue weighted by Crippen LogP contribution is 2.34. The van der Waals surface area contributed by atoms with Crippen LogP contribution in [0.15, 0.2) is 25.3 Å². The van der Waals surface area contributed by atoms with Crippen LogP contribution >= 0.6 is 0 Å². The molecule has 1 rings (SSSR count). The molecule has 0 amide bonds. The second-order valence-electron chi connectivity index (χ2n) is 7.12. The summed E-state index contributed by atoms with van der Waals surface area (Å²) in [4.78, 5) is 24.7. The zero-order valence-corrected chi connectivity index (χ0v) is 16.8. The van der Waals surface area contributed by atoms with E-state index in [1.165, 1.54) is 44.3 Å². The summed E-state index contributed by atoms with van der Waals surface area (Å²) >= 11 is 0. The maximum absolute atomic E-state index is 12.4. The lowest BCUT2D eigenvalue weighted by atomic mass is 9.77. The molecule has 0 radical (unpaired) electrons. The molecule has 0 N–H and O–H groups in total. The summed E-state index contributed by atoms with van der Waals surface area (Å²) in [6.07, 6.45) is 12.2. The quantitative estimate of drug-likeness (QED) is 0.250. The Balaban J connectivity index is 2.48. The summed E-state index contributed by atoms with van der Waals surface area (Å²) in [5, 5.41) is 0. The van der Waals surface area contributed by atoms with Crippen LogP contribution in [0.4, 0.5) is 0 Å². The van der Waals surface area contributed by atoms with Gasteiger partial charge in [-0.2, -0.15) is 0 Å². The van der Waals surface area contributed by atoms with Crippen LogP contribution in [-0.2, 0) is 23.8 Å². The first kappa shape index (κ1) is 23.4. The lowest BCUT2D eigenvalue weighted by Gasteiger charge is -2.33. The largest absolute Gasteiger partial charge is 0.461 e. The average molecular weight is 381 g/mol. The number of unbranched alkanes of at least 4 members (excludes halogenated alkanes) is 5. The Labute approximate surface area is 164 Å². The minimum absolute atomic E-state index is 0.00891. The van der Waals surface area contributed by atoms with Gasteiger partial charge >= 0.3 is 11.9 Å². The topological polar surface area (TPSA) is 61.8 Å². The van der Waals surface area contributed by atoms with E-state index in [2.05, 4.69) is 20.1 Å². The lowest BCUT2D eigenvalue weighted by Crippen LogP contribution is -2.40. The molecule has 1 aliphatic rings. The number of ether oxygens (including phenoxy) is 3. The van der Waals surface area contributed by atoms with Gasteiger partial charge in [0.2, 0.25) is 0 Å². The SMILES string of the molecule is C=CCOC(=O)C1CCC(OCCCCCCCC)CC1C(=O)OCC=C. The number of esters is 2. The summed E-state index contributed by atoms with van der Waals surface area (Å²) in [5.41, 5.74) is 0. The zero-order chi connectivity index (χ0) is 19.9. The van der Waals surface area contributed by atoms with Crippen LogP contribution in [0.25, 0.3) is 0 Å². The van der Waals surface area contributed by atoms with Crippen molar-refractivity contribution in [2.75, 3.05) is 19.8 Å². The molecule has 3 unspecified atom stereocenters. The highest BCUT2D eigenvalue weighted by atomic mass is 16.5. The zero-order valence-electron chi connectivity index (χ0n) is 16.8. The third-order valence-corrected chi connectivity index (χ3v) is 4.95. The number of rotatable bonds is 14. The van der Waals surface area contributed by atoms with Crippen molar-refractivity contribution in [1.29, 1.82) is 0 Å². The number of carbonyl (C=O) groups is 2. The van der Waals surface area contributed by atoms with Crippen molar-refractivity contribution in [3.8, 4) is 0 Å². The normalized spacial score (nSPS) is 22.0. The van der Waals surface area contributed by atoms with Crippen molar-refractivity contribution in [3.63, 3.8) is 0 Å². The minimum atomic E-state index is -0.523. The predicted molar refractivity (Wildman–Crippen MR) is 106 cm³/mol. The van der Waals surface area contributed by atoms with Gasteiger partial charge in [0, 0.05) is 6.61 Å². The smallest absolute Gasteiger partial charge is 0.310 e. The second kappa shape index (κ2) is 14.4. The highest BCUT2D eigenvalue weighted by Gasteiger charge is 2.41. The molecule has 0 aromatic rings. The van der Waals surface area contributed by atoms with Gasteiger partial charge in [-0.05, 0) is 25.7 Å². The monoisotopic (exact) mass is 380 g/mol. The molecule has 0 heterocycles. The molecule has 1 fully saturated rings. The fraction of sp³-hybridized carbons (Fsp3) is 0.727. The van der Waals surface area contributed by atoms with Crippen LogP contribution in [0.5, 0.6) is 0 Å². The third-order valence-electron chi connectivity index (χ3n) is 4.95. The highest BCUT2D eigenvalue weighted by molar-refractivity contribution is 5.82. The first-order valence-corrected chi connectivity index (χ1v) is 10.3. The Hall–Kier alpha value is -1.62. The molecule has 5 heteroatoms. The van der Waals surface area contributed by atoms with Crippen LogP contribution in [0.3, 0.4) is 0 Å². The Kier molecular flexibility index (Phi) is 12.5. The number of hydrogen-bond acceptors (Lipinski definition) is 5. The fourth-order valence-corrected chi connectivity index (χ4v) is 3.45. The van der Waals surface area contributed by atoms with Gasteiger partial charge in [-0.25, -0.2) is 0 Å². The molecule has 0 aliphatic heterocycles. The van der Waals surface area contributed by atoms with Gasteiger partial charge in [-0.15, -0.1) is 0 Å². The molecule has 0 aromatic heterocycles. The van der Waals surface area contributed by atoms with E-state index in [-0.39, 0.29) is 31.3 Å². The molecule has 27 heavy (non-hydrogen) atoms. The third kappa shape index (κ3) is 9.23. The van der Waals surface area contributed by atoms with Gasteiger partial charge in [0.15, 0.2) is 0 Å². The molecule has 1 aliphatic carbocycles. The van der Waals surface area contributed by atoms with E-state index in [1.54, 1.807) is 0 Å². The lowest BCUT2D eigenvalue weighted by molar-refractivity contribution is -0.164. The molecule has 0 bridgehead atoms. The summed E-state index contributed by atoms with van der Waals surface area (Å²) in [6, 6.07) is 0. The van der Waals surface area contributed by atoms with E-state index < -0.39 is 11.8 Å². The maximum Gasteiger partial charge on any atom is 0.310 e. The van der Waals surface area contributed by atoms with Gasteiger partial charge in [0.25, 0.3) is 0 Å². The Morgan fingerprint density at radius 2 is 1.48 bits per heavy atom. The van der Waals surface area contributed by atoms with Gasteiger partial charge in [0.05, 0.1) is 17.9 Å². The Morgan fingerprint density at radius 3 is 2.11 bits per heavy atom. The second-order valence-corrected chi connectivity index (χ2v) is 7.12. The van der Waals surface area contributed by atoms with Gasteiger partial charge in [0.1, 0.15) is 13.2 Å². The predicted octanol–water partition coefficient (Wildman–Crippen LogP) is 4.61. The van der Waals surface area contributed by atoms with Crippen LogP contribution < -0.4 is 0 Å². The summed E-state index contributed by atoms with van der Waals surface area (Å²) in [5.74, 6) is -1.73. The van der Waals surface area contributed by atoms with Crippen molar-refractivity contribution in [3.05, 3.63) is 25.3 Å². The molecule has 1 saturated carbocycles. The van der Waals surface area contributed by atoms with Crippen molar-refractivity contribution in [2.45, 2.75) is 70.8 Å². The fourth-order valence-electron chi connectivity index (χ4n) is 3.45. The number of hydrogen-bond donors (Lipinski definition) is 0. The molecule has 3 atom stereocenters. The van der Waals surface area contributed by atoms with E-state index in [9.17, 15) is 9.59 Å². The van der Waals surface area contributed by atoms with Crippen molar-refractivity contribution in [2.24, 2.45) is 11.8 Å². The van der Waals surface area contributed by atoms with E-state index in [0.29, 0.717) is 19.4 Å². The standard InChI is InChI=1S/C22H36O5/c1-4-7-8-9-10-11-16-25-18-12-13-19(21(23)26-14-5-2)20(17-18)22(24)27-15-6-3/h5-6,18-20H,2-4,7-17H2,1H3. The van der Waals surface area contributed by atoms with E-state index in [1.807, 2.05) is 0 Å². The summed E-state index contributed by atoms with van der Waals surface area (Å²) < 4.78 is 16.4. The van der Waals surface area contributed by atoms with Gasteiger partial charge in [-0.1, -0.05) is 64.3 Å². The van der Waals surface area contributed by atoms with E-state index >= 15 is 0 Å². The molecule has 0 spiro atoms. The number of carbonyl (C=O) groups excluding carboxylic acids is 2. The first-order valence-electron chi connectivity index (χ1n) is 10.3. The summed E-state index contributed by atoms with van der Waals surface area (Å²) in [6.45, 7) is 10.3. The first-order chi connectivity index (χ1) is 13.1. The van der Waals surface area contributed by atoms with Crippen molar-refractivity contribution < 1.29 is 23.8 Å².